The van der Waals surface area contributed by atoms with E-state index in [2.05, 4.69) is 114 Å². The van der Waals surface area contributed by atoms with Crippen LogP contribution in [0.2, 0.25) is 0 Å². The molecule has 2 aliphatic rings. The molecule has 0 fully saturated rings. The van der Waals surface area contributed by atoms with Gasteiger partial charge >= 0.3 is 0 Å². The molecule has 0 spiro atoms. The Labute approximate surface area is 289 Å². The number of para-hydroxylation sites is 2. The summed E-state index contributed by atoms with van der Waals surface area (Å²) >= 11 is 0. The molecule has 0 radical (unpaired) electrons. The van der Waals surface area contributed by atoms with E-state index in [-0.39, 0.29) is 12.0 Å². The lowest BCUT2D eigenvalue weighted by Gasteiger charge is -2.30. The number of rotatable bonds is 5. The van der Waals surface area contributed by atoms with Gasteiger partial charge in [0.05, 0.1) is 11.6 Å². The number of hydrogen-bond donors (Lipinski definition) is 0. The maximum Gasteiger partial charge on any atom is 0.167 e. The van der Waals surface area contributed by atoms with E-state index in [1.165, 1.54) is 33.6 Å². The van der Waals surface area contributed by atoms with Crippen molar-refractivity contribution in [2.24, 2.45) is 0 Å². The molecule has 3 heterocycles. The largest absolute Gasteiger partial charge is 0.456 e. The van der Waals surface area contributed by atoms with Crippen LogP contribution in [0.1, 0.15) is 22.8 Å². The van der Waals surface area contributed by atoms with Crippen LogP contribution in [0.25, 0.3) is 62.3 Å². The highest BCUT2D eigenvalue weighted by atomic mass is 16.3. The van der Waals surface area contributed by atoms with Gasteiger partial charge in [0.1, 0.15) is 11.3 Å². The second-order valence-electron chi connectivity index (χ2n) is 12.8. The smallest absolute Gasteiger partial charge is 0.167 e. The third-order valence-electron chi connectivity index (χ3n) is 9.88. The topological polar surface area (TPSA) is 55.1 Å². The highest BCUT2D eigenvalue weighted by molar-refractivity contribution is 5.97. The Hall–Kier alpha value is -6.59. The monoisotopic (exact) mass is 642 g/mol. The Morgan fingerprint density at radius 1 is 0.520 bits per heavy atom. The van der Waals surface area contributed by atoms with Crippen molar-refractivity contribution in [3.63, 3.8) is 0 Å². The van der Waals surface area contributed by atoms with E-state index in [9.17, 15) is 0 Å². The number of anilines is 2. The van der Waals surface area contributed by atoms with Gasteiger partial charge in [0.2, 0.25) is 0 Å². The lowest BCUT2D eigenvalue weighted by molar-refractivity contribution is 0.584. The number of furan rings is 1. The minimum Gasteiger partial charge on any atom is -0.456 e. The van der Waals surface area contributed by atoms with E-state index >= 15 is 0 Å². The fourth-order valence-corrected chi connectivity index (χ4v) is 7.66. The van der Waals surface area contributed by atoms with Gasteiger partial charge in [-0.25, -0.2) is 15.0 Å². The molecule has 2 atom stereocenters. The maximum absolute atomic E-state index is 6.80. The molecule has 5 nitrogen and oxygen atoms in total. The van der Waals surface area contributed by atoms with Gasteiger partial charge in [-0.1, -0.05) is 140 Å². The molecule has 1 aliphatic carbocycles. The molecule has 50 heavy (non-hydrogen) atoms. The van der Waals surface area contributed by atoms with E-state index in [0.717, 1.165) is 33.4 Å². The van der Waals surface area contributed by atoms with E-state index in [1.807, 2.05) is 60.7 Å². The first kappa shape index (κ1) is 28.4. The molecule has 10 rings (SSSR count). The highest BCUT2D eigenvalue weighted by Gasteiger charge is 2.43. The Morgan fingerprint density at radius 2 is 1.12 bits per heavy atom. The summed E-state index contributed by atoms with van der Waals surface area (Å²) in [6.07, 6.45) is 4.45. The highest BCUT2D eigenvalue weighted by Crippen LogP contribution is 2.54. The first-order valence-corrected chi connectivity index (χ1v) is 16.9. The van der Waals surface area contributed by atoms with Crippen molar-refractivity contribution in [2.75, 3.05) is 4.90 Å². The van der Waals surface area contributed by atoms with E-state index in [4.69, 9.17) is 19.4 Å². The summed E-state index contributed by atoms with van der Waals surface area (Å²) in [5, 5.41) is 1.08. The maximum atomic E-state index is 6.80. The summed E-state index contributed by atoms with van der Waals surface area (Å²) in [7, 11) is 0. The molecule has 236 valence electrons. The summed E-state index contributed by atoms with van der Waals surface area (Å²) in [6, 6.07) is 54.8. The minimum atomic E-state index is 0.0844. The van der Waals surface area contributed by atoms with Crippen molar-refractivity contribution in [3.8, 4) is 45.3 Å². The van der Waals surface area contributed by atoms with Gasteiger partial charge in [0, 0.05) is 39.4 Å². The third kappa shape index (κ3) is 4.59. The molecule has 0 saturated carbocycles. The van der Waals surface area contributed by atoms with E-state index < -0.39 is 0 Å². The molecule has 0 N–H and O–H groups in total. The lowest BCUT2D eigenvalue weighted by Crippen LogP contribution is -2.30. The second kappa shape index (κ2) is 11.5. The Bertz CT molecular complexity index is 2500. The van der Waals surface area contributed by atoms with Crippen molar-refractivity contribution in [1.82, 2.24) is 15.0 Å². The molecule has 1 aliphatic heterocycles. The number of aromatic nitrogens is 3. The number of nitrogens with zero attached hydrogens (tertiary/aromatic N) is 4. The van der Waals surface area contributed by atoms with Gasteiger partial charge < -0.3 is 9.32 Å². The SMILES string of the molecule is C1=CC2C(c3ccccc3N2c2cccc(-c3ccccc3)c2)c2c1oc1c(-c3nc(-c4ccccc4)nc(-c4ccccc4)n3)cccc21. The normalized spacial score (nSPS) is 15.9. The van der Waals surface area contributed by atoms with Gasteiger partial charge in [-0.05, 0) is 47.0 Å². The van der Waals surface area contributed by atoms with Crippen molar-refractivity contribution >= 4 is 28.4 Å². The molecule has 0 amide bonds. The van der Waals surface area contributed by atoms with Gasteiger partial charge in [0.25, 0.3) is 0 Å². The van der Waals surface area contributed by atoms with Crippen LogP contribution in [0.15, 0.2) is 168 Å². The minimum absolute atomic E-state index is 0.0844. The summed E-state index contributed by atoms with van der Waals surface area (Å²) in [5.74, 6) is 2.80. The molecule has 0 saturated heterocycles. The standard InChI is InChI=1S/C45H30N4O/c1-4-14-29(15-5-1)32-20-12-21-33(28-32)49-37-25-11-10-22-34(37)40-38(49)26-27-39-41(40)35-23-13-24-36(42(35)50-39)45-47-43(30-16-6-2-7-17-30)46-44(48-45)31-18-8-3-9-19-31/h1-28,38,40H. The molecular weight excluding hydrogens is 613 g/mol. The Kier molecular flexibility index (Phi) is 6.56. The van der Waals surface area contributed by atoms with Crippen molar-refractivity contribution < 1.29 is 4.42 Å². The zero-order valence-corrected chi connectivity index (χ0v) is 27.0. The first-order chi connectivity index (χ1) is 24.8. The van der Waals surface area contributed by atoms with Crippen molar-refractivity contribution in [1.29, 1.82) is 0 Å². The van der Waals surface area contributed by atoms with Crippen molar-refractivity contribution in [3.05, 3.63) is 181 Å². The zero-order chi connectivity index (χ0) is 33.0. The van der Waals surface area contributed by atoms with Crippen LogP contribution >= 0.6 is 0 Å². The quantitative estimate of drug-likeness (QED) is 0.187. The lowest BCUT2D eigenvalue weighted by atomic mass is 9.82. The van der Waals surface area contributed by atoms with E-state index in [0.29, 0.717) is 17.5 Å². The number of fused-ring (bicyclic) bond motifs is 7. The molecule has 2 aromatic heterocycles. The summed E-state index contributed by atoms with van der Waals surface area (Å²) in [6.45, 7) is 0. The van der Waals surface area contributed by atoms with Gasteiger partial charge in [0.15, 0.2) is 17.5 Å². The van der Waals surface area contributed by atoms with Crippen LogP contribution < -0.4 is 4.90 Å². The fraction of sp³-hybridized carbons (Fsp3) is 0.0444. The molecular formula is C45H30N4O. The van der Waals surface area contributed by atoms with Gasteiger partial charge in [-0.2, -0.15) is 0 Å². The van der Waals surface area contributed by atoms with Crippen LogP contribution in [0.3, 0.4) is 0 Å². The van der Waals surface area contributed by atoms with Crippen LogP contribution in [0.4, 0.5) is 11.4 Å². The summed E-state index contributed by atoms with van der Waals surface area (Å²) < 4.78 is 6.80. The van der Waals surface area contributed by atoms with Crippen LogP contribution in [0, 0.1) is 0 Å². The Balaban J connectivity index is 1.12. The Morgan fingerprint density at radius 3 is 1.84 bits per heavy atom. The summed E-state index contributed by atoms with van der Waals surface area (Å²) in [4.78, 5) is 17.5. The molecule has 0 bridgehead atoms. The molecule has 6 aromatic carbocycles. The first-order valence-electron chi connectivity index (χ1n) is 16.9. The van der Waals surface area contributed by atoms with Crippen LogP contribution in [-0.4, -0.2) is 21.0 Å². The molecule has 5 heteroatoms. The third-order valence-corrected chi connectivity index (χ3v) is 9.88. The predicted octanol–water partition coefficient (Wildman–Crippen LogP) is 11.0. The molecule has 8 aromatic rings. The average Bonchev–Trinajstić information content (AvgIpc) is 3.74. The number of hydrogen-bond acceptors (Lipinski definition) is 5. The van der Waals surface area contributed by atoms with E-state index in [1.54, 1.807) is 0 Å². The van der Waals surface area contributed by atoms with Crippen molar-refractivity contribution in [2.45, 2.75) is 12.0 Å². The second-order valence-corrected chi connectivity index (χ2v) is 12.8. The van der Waals surface area contributed by atoms with Crippen LogP contribution in [-0.2, 0) is 0 Å². The zero-order valence-electron chi connectivity index (χ0n) is 27.0. The molecule has 2 unspecified atom stereocenters. The predicted molar refractivity (Wildman–Crippen MR) is 201 cm³/mol. The average molecular weight is 643 g/mol. The summed E-state index contributed by atoms with van der Waals surface area (Å²) in [5.41, 5.74) is 10.8. The van der Waals surface area contributed by atoms with Gasteiger partial charge in [-0.3, -0.25) is 0 Å². The fourth-order valence-electron chi connectivity index (χ4n) is 7.66. The number of benzene rings is 6. The van der Waals surface area contributed by atoms with Crippen LogP contribution in [0.5, 0.6) is 0 Å². The van der Waals surface area contributed by atoms with Gasteiger partial charge in [-0.15, -0.1) is 0 Å².